The van der Waals surface area contributed by atoms with E-state index in [1.165, 1.54) is 7.11 Å². The number of methoxy groups -OCH3 is 2. The first-order valence-electron chi connectivity index (χ1n) is 6.41. The first-order chi connectivity index (χ1) is 8.48. The van der Waals surface area contributed by atoms with Gasteiger partial charge in [-0.05, 0) is 26.7 Å². The van der Waals surface area contributed by atoms with Crippen LogP contribution in [0.15, 0.2) is 0 Å². The van der Waals surface area contributed by atoms with Gasteiger partial charge < -0.3 is 18.9 Å². The van der Waals surface area contributed by atoms with E-state index in [0.717, 1.165) is 12.8 Å². The summed E-state index contributed by atoms with van der Waals surface area (Å²) >= 11 is 0. The molecular formula is C13H22O5. The predicted molar refractivity (Wildman–Crippen MR) is 63.9 cm³/mol. The van der Waals surface area contributed by atoms with Crippen LogP contribution in [0.4, 0.5) is 0 Å². The van der Waals surface area contributed by atoms with Crippen LogP contribution in [0.1, 0.15) is 26.7 Å². The molecule has 0 aromatic rings. The highest BCUT2D eigenvalue weighted by Gasteiger charge is 2.52. The molecule has 0 aromatic heterocycles. The van der Waals surface area contributed by atoms with Crippen LogP contribution in [-0.4, -0.2) is 44.8 Å². The van der Waals surface area contributed by atoms with E-state index in [0.29, 0.717) is 6.61 Å². The molecule has 0 bridgehead atoms. The van der Waals surface area contributed by atoms with Gasteiger partial charge in [-0.15, -0.1) is 0 Å². The third kappa shape index (κ3) is 2.53. The Labute approximate surface area is 108 Å². The molecule has 18 heavy (non-hydrogen) atoms. The molecule has 5 heteroatoms. The second-order valence-electron chi connectivity index (χ2n) is 5.46. The first kappa shape index (κ1) is 13.8. The lowest BCUT2D eigenvalue weighted by Gasteiger charge is -2.39. The second kappa shape index (κ2) is 5.15. The molecule has 1 saturated heterocycles. The van der Waals surface area contributed by atoms with E-state index in [-0.39, 0.29) is 30.0 Å². The Morgan fingerprint density at radius 3 is 2.50 bits per heavy atom. The SMILES string of the molecule is COCC1OC(C)(C)OC1C1CCC1C(=O)OC. The average Bonchev–Trinajstić information content (AvgIpc) is 2.52. The topological polar surface area (TPSA) is 54.0 Å². The van der Waals surface area contributed by atoms with E-state index in [9.17, 15) is 4.79 Å². The van der Waals surface area contributed by atoms with Crippen molar-refractivity contribution in [1.29, 1.82) is 0 Å². The zero-order chi connectivity index (χ0) is 13.3. The Balaban J connectivity index is 2.04. The fourth-order valence-corrected chi connectivity index (χ4v) is 2.88. The quantitative estimate of drug-likeness (QED) is 0.712. The van der Waals surface area contributed by atoms with Crippen LogP contribution in [-0.2, 0) is 23.7 Å². The van der Waals surface area contributed by atoms with E-state index in [4.69, 9.17) is 18.9 Å². The van der Waals surface area contributed by atoms with E-state index < -0.39 is 5.79 Å². The molecule has 4 atom stereocenters. The van der Waals surface area contributed by atoms with Gasteiger partial charge in [0, 0.05) is 13.0 Å². The number of carbonyl (C=O) groups excluding carboxylic acids is 1. The normalized spacial score (nSPS) is 38.2. The van der Waals surface area contributed by atoms with Crippen LogP contribution < -0.4 is 0 Å². The van der Waals surface area contributed by atoms with Crippen molar-refractivity contribution in [3.05, 3.63) is 0 Å². The molecule has 2 rings (SSSR count). The lowest BCUT2D eigenvalue weighted by atomic mass is 9.69. The molecule has 1 heterocycles. The standard InChI is InChI=1S/C13H22O5/c1-13(2)17-10(7-15-3)11(18-13)8-5-6-9(8)12(14)16-4/h8-11H,5-7H2,1-4H3. The Hall–Kier alpha value is -0.650. The molecule has 2 fully saturated rings. The number of esters is 1. The lowest BCUT2D eigenvalue weighted by Crippen LogP contribution is -2.46. The summed E-state index contributed by atoms with van der Waals surface area (Å²) in [5, 5.41) is 0. The minimum atomic E-state index is -0.607. The predicted octanol–water partition coefficient (Wildman–Crippen LogP) is 1.35. The maximum atomic E-state index is 11.6. The van der Waals surface area contributed by atoms with Gasteiger partial charge in [0.15, 0.2) is 5.79 Å². The maximum Gasteiger partial charge on any atom is 0.309 e. The molecule has 0 amide bonds. The van der Waals surface area contributed by atoms with Gasteiger partial charge in [-0.1, -0.05) is 0 Å². The van der Waals surface area contributed by atoms with E-state index in [1.807, 2.05) is 13.8 Å². The summed E-state index contributed by atoms with van der Waals surface area (Å²) < 4.78 is 21.7. The van der Waals surface area contributed by atoms with Crippen LogP contribution in [0.3, 0.4) is 0 Å². The minimum absolute atomic E-state index is 0.0585. The maximum absolute atomic E-state index is 11.6. The van der Waals surface area contributed by atoms with Crippen LogP contribution in [0, 0.1) is 11.8 Å². The fraction of sp³-hybridized carbons (Fsp3) is 0.923. The second-order valence-corrected chi connectivity index (χ2v) is 5.46. The van der Waals surface area contributed by atoms with Crippen LogP contribution in [0.25, 0.3) is 0 Å². The Kier molecular flexibility index (Phi) is 3.94. The lowest BCUT2D eigenvalue weighted by molar-refractivity contribution is -0.168. The number of hydrogen-bond donors (Lipinski definition) is 0. The van der Waals surface area contributed by atoms with Gasteiger partial charge in [0.05, 0.1) is 25.7 Å². The van der Waals surface area contributed by atoms with Crippen molar-refractivity contribution in [2.45, 2.75) is 44.7 Å². The Morgan fingerprint density at radius 1 is 1.28 bits per heavy atom. The van der Waals surface area contributed by atoms with Gasteiger partial charge in [-0.25, -0.2) is 0 Å². The van der Waals surface area contributed by atoms with Gasteiger partial charge in [0.25, 0.3) is 0 Å². The highest BCUT2D eigenvalue weighted by atomic mass is 16.8. The smallest absolute Gasteiger partial charge is 0.309 e. The molecule has 104 valence electrons. The first-order valence-corrected chi connectivity index (χ1v) is 6.41. The zero-order valence-electron chi connectivity index (χ0n) is 11.5. The van der Waals surface area contributed by atoms with Crippen molar-refractivity contribution in [3.8, 4) is 0 Å². The van der Waals surface area contributed by atoms with Crippen LogP contribution >= 0.6 is 0 Å². The molecule has 0 spiro atoms. The third-order valence-electron chi connectivity index (χ3n) is 3.81. The van der Waals surface area contributed by atoms with Crippen LogP contribution in [0.5, 0.6) is 0 Å². The highest BCUT2D eigenvalue weighted by molar-refractivity contribution is 5.73. The van der Waals surface area contributed by atoms with Gasteiger partial charge in [0.1, 0.15) is 6.10 Å². The summed E-state index contributed by atoms with van der Waals surface area (Å²) in [5.74, 6) is -0.628. The molecular weight excluding hydrogens is 236 g/mol. The Morgan fingerprint density at radius 2 is 2.00 bits per heavy atom. The summed E-state index contributed by atoms with van der Waals surface area (Å²) in [7, 11) is 3.07. The van der Waals surface area contributed by atoms with E-state index >= 15 is 0 Å². The number of rotatable bonds is 4. The molecule has 0 N–H and O–H groups in total. The summed E-state index contributed by atoms with van der Waals surface area (Å²) in [4.78, 5) is 11.6. The van der Waals surface area contributed by atoms with E-state index in [1.54, 1.807) is 7.11 Å². The molecule has 0 radical (unpaired) electrons. The molecule has 5 nitrogen and oxygen atoms in total. The van der Waals surface area contributed by atoms with Crippen molar-refractivity contribution >= 4 is 5.97 Å². The zero-order valence-corrected chi connectivity index (χ0v) is 11.5. The van der Waals surface area contributed by atoms with Gasteiger partial charge in [-0.2, -0.15) is 0 Å². The van der Waals surface area contributed by atoms with Crippen LogP contribution in [0.2, 0.25) is 0 Å². The number of carbonyl (C=O) groups is 1. The fourth-order valence-electron chi connectivity index (χ4n) is 2.88. The van der Waals surface area contributed by atoms with Crippen molar-refractivity contribution < 1.29 is 23.7 Å². The monoisotopic (exact) mass is 258 g/mol. The highest BCUT2D eigenvalue weighted by Crippen LogP contribution is 2.44. The van der Waals surface area contributed by atoms with Gasteiger partial charge >= 0.3 is 5.97 Å². The average molecular weight is 258 g/mol. The summed E-state index contributed by atoms with van der Waals surface area (Å²) in [6, 6.07) is 0. The van der Waals surface area contributed by atoms with Crippen molar-refractivity contribution in [3.63, 3.8) is 0 Å². The largest absolute Gasteiger partial charge is 0.469 e. The summed E-state index contributed by atoms with van der Waals surface area (Å²) in [6.45, 7) is 4.27. The van der Waals surface area contributed by atoms with Gasteiger partial charge in [0.2, 0.25) is 0 Å². The number of ether oxygens (including phenoxy) is 4. The molecule has 1 saturated carbocycles. The molecule has 1 aliphatic heterocycles. The third-order valence-corrected chi connectivity index (χ3v) is 3.81. The molecule has 1 aliphatic carbocycles. The van der Waals surface area contributed by atoms with Gasteiger partial charge in [-0.3, -0.25) is 4.79 Å². The summed E-state index contributed by atoms with van der Waals surface area (Å²) in [6.07, 6.45) is 1.65. The molecule has 0 aromatic carbocycles. The molecule has 4 unspecified atom stereocenters. The molecule has 2 aliphatic rings. The minimum Gasteiger partial charge on any atom is -0.469 e. The van der Waals surface area contributed by atoms with E-state index in [2.05, 4.69) is 0 Å². The van der Waals surface area contributed by atoms with Crippen molar-refractivity contribution in [1.82, 2.24) is 0 Å². The number of hydrogen-bond acceptors (Lipinski definition) is 5. The summed E-state index contributed by atoms with van der Waals surface area (Å²) in [5.41, 5.74) is 0. The Bertz CT molecular complexity index is 315. The van der Waals surface area contributed by atoms with Crippen molar-refractivity contribution in [2.75, 3.05) is 20.8 Å². The van der Waals surface area contributed by atoms with Crippen molar-refractivity contribution in [2.24, 2.45) is 11.8 Å².